The van der Waals surface area contributed by atoms with Gasteiger partial charge in [0.25, 0.3) is 0 Å². The standard InChI is InChI=1S/C18H19NOS/c1-12(2)13-7-9-14(10-8-13)16(20)11-18-19-15-5-3-4-6-17(15)21-18/h3-10,12,16,20H,11H2,1-2H3. The van der Waals surface area contributed by atoms with Gasteiger partial charge in [-0.1, -0.05) is 50.2 Å². The van der Waals surface area contributed by atoms with Crippen molar-refractivity contribution in [2.24, 2.45) is 0 Å². The number of benzene rings is 2. The molecule has 0 saturated carbocycles. The molecule has 3 aromatic rings. The van der Waals surface area contributed by atoms with Gasteiger partial charge in [0, 0.05) is 6.42 Å². The SMILES string of the molecule is CC(C)c1ccc(C(O)Cc2nc3ccccc3s2)cc1. The van der Waals surface area contributed by atoms with Gasteiger partial charge in [-0.25, -0.2) is 4.98 Å². The lowest BCUT2D eigenvalue weighted by molar-refractivity contribution is 0.178. The van der Waals surface area contributed by atoms with Crippen LogP contribution < -0.4 is 0 Å². The second-order valence-electron chi connectivity index (χ2n) is 5.62. The normalized spacial score (nSPS) is 13.0. The van der Waals surface area contributed by atoms with Crippen LogP contribution in [0.3, 0.4) is 0 Å². The highest BCUT2D eigenvalue weighted by atomic mass is 32.1. The Morgan fingerprint density at radius 2 is 1.67 bits per heavy atom. The molecule has 1 heterocycles. The third-order valence-electron chi connectivity index (χ3n) is 3.69. The molecule has 1 atom stereocenters. The summed E-state index contributed by atoms with van der Waals surface area (Å²) < 4.78 is 1.18. The van der Waals surface area contributed by atoms with Gasteiger partial charge < -0.3 is 5.11 Å². The number of aromatic nitrogens is 1. The summed E-state index contributed by atoms with van der Waals surface area (Å²) in [7, 11) is 0. The van der Waals surface area contributed by atoms with Crippen molar-refractivity contribution in [3.63, 3.8) is 0 Å². The number of aliphatic hydroxyl groups excluding tert-OH is 1. The molecule has 0 aliphatic carbocycles. The topological polar surface area (TPSA) is 33.1 Å². The average Bonchev–Trinajstić information content (AvgIpc) is 2.89. The van der Waals surface area contributed by atoms with E-state index in [0.717, 1.165) is 16.1 Å². The van der Waals surface area contributed by atoms with Gasteiger partial charge in [0.2, 0.25) is 0 Å². The second-order valence-corrected chi connectivity index (χ2v) is 6.73. The van der Waals surface area contributed by atoms with Crippen molar-refractivity contribution in [3.8, 4) is 0 Å². The van der Waals surface area contributed by atoms with Crippen molar-refractivity contribution >= 4 is 21.6 Å². The Kier molecular flexibility index (Phi) is 4.04. The molecule has 0 aliphatic heterocycles. The first kappa shape index (κ1) is 14.2. The lowest BCUT2D eigenvalue weighted by atomic mass is 9.99. The number of thiazole rings is 1. The third-order valence-corrected chi connectivity index (χ3v) is 4.75. The summed E-state index contributed by atoms with van der Waals surface area (Å²) in [6, 6.07) is 16.3. The Bertz CT molecular complexity index is 697. The highest BCUT2D eigenvalue weighted by Crippen LogP contribution is 2.26. The number of rotatable bonds is 4. The van der Waals surface area contributed by atoms with Crippen LogP contribution in [0.15, 0.2) is 48.5 Å². The number of hydrogen-bond donors (Lipinski definition) is 1. The molecule has 0 aliphatic rings. The lowest BCUT2D eigenvalue weighted by Crippen LogP contribution is -2.01. The molecule has 1 aromatic heterocycles. The number of aliphatic hydroxyl groups is 1. The first-order valence-electron chi connectivity index (χ1n) is 7.26. The van der Waals surface area contributed by atoms with E-state index < -0.39 is 6.10 Å². The van der Waals surface area contributed by atoms with Crippen LogP contribution in [0, 0.1) is 0 Å². The maximum atomic E-state index is 10.4. The van der Waals surface area contributed by atoms with E-state index in [9.17, 15) is 5.11 Å². The van der Waals surface area contributed by atoms with Crippen LogP contribution >= 0.6 is 11.3 Å². The molecule has 0 amide bonds. The van der Waals surface area contributed by atoms with Gasteiger partial charge in [-0.3, -0.25) is 0 Å². The van der Waals surface area contributed by atoms with Crippen LogP contribution in [-0.2, 0) is 6.42 Å². The van der Waals surface area contributed by atoms with E-state index in [2.05, 4.69) is 37.0 Å². The van der Waals surface area contributed by atoms with Gasteiger partial charge in [0.1, 0.15) is 0 Å². The van der Waals surface area contributed by atoms with Gasteiger partial charge in [0.15, 0.2) is 0 Å². The van der Waals surface area contributed by atoms with E-state index in [4.69, 9.17) is 0 Å². The average molecular weight is 297 g/mol. The van der Waals surface area contributed by atoms with Crippen LogP contribution in [0.1, 0.15) is 42.0 Å². The molecule has 0 spiro atoms. The maximum absolute atomic E-state index is 10.4. The van der Waals surface area contributed by atoms with Crippen LogP contribution in [0.25, 0.3) is 10.2 Å². The molecule has 0 fully saturated rings. The number of nitrogens with zero attached hydrogens (tertiary/aromatic N) is 1. The molecular weight excluding hydrogens is 278 g/mol. The summed E-state index contributed by atoms with van der Waals surface area (Å²) >= 11 is 1.66. The Hall–Kier alpha value is -1.71. The molecule has 21 heavy (non-hydrogen) atoms. The van der Waals surface area contributed by atoms with Crippen LogP contribution in [0.5, 0.6) is 0 Å². The van der Waals surface area contributed by atoms with Crippen LogP contribution in [-0.4, -0.2) is 10.1 Å². The summed E-state index contributed by atoms with van der Waals surface area (Å²) in [6.45, 7) is 4.35. The predicted octanol–water partition coefficient (Wildman–Crippen LogP) is 4.70. The highest BCUT2D eigenvalue weighted by molar-refractivity contribution is 7.18. The number of para-hydroxylation sites is 1. The van der Waals surface area contributed by atoms with E-state index in [-0.39, 0.29) is 0 Å². The summed E-state index contributed by atoms with van der Waals surface area (Å²) in [4.78, 5) is 4.58. The molecule has 0 bridgehead atoms. The minimum absolute atomic E-state index is 0.494. The van der Waals surface area contributed by atoms with Crippen molar-refractivity contribution in [2.45, 2.75) is 32.3 Å². The molecule has 1 N–H and O–H groups in total. The molecule has 0 radical (unpaired) electrons. The molecule has 1 unspecified atom stereocenters. The molecule has 108 valence electrons. The zero-order valence-electron chi connectivity index (χ0n) is 12.3. The summed E-state index contributed by atoms with van der Waals surface area (Å²) in [5.41, 5.74) is 3.27. The van der Waals surface area contributed by atoms with Crippen LogP contribution in [0.2, 0.25) is 0 Å². The van der Waals surface area contributed by atoms with Crippen molar-refractivity contribution in [3.05, 3.63) is 64.7 Å². The van der Waals surface area contributed by atoms with Crippen molar-refractivity contribution in [1.29, 1.82) is 0 Å². The Morgan fingerprint density at radius 3 is 2.33 bits per heavy atom. The fourth-order valence-corrected chi connectivity index (χ4v) is 3.40. The van der Waals surface area contributed by atoms with Crippen LogP contribution in [0.4, 0.5) is 0 Å². The first-order valence-corrected chi connectivity index (χ1v) is 8.07. The minimum atomic E-state index is -0.494. The van der Waals surface area contributed by atoms with Gasteiger partial charge in [-0.15, -0.1) is 11.3 Å². The van der Waals surface area contributed by atoms with E-state index in [1.54, 1.807) is 11.3 Å². The first-order chi connectivity index (χ1) is 10.1. The van der Waals surface area contributed by atoms with E-state index in [1.807, 2.05) is 30.3 Å². The molecule has 3 heteroatoms. The molecule has 3 rings (SSSR count). The van der Waals surface area contributed by atoms with Crippen molar-refractivity contribution in [2.75, 3.05) is 0 Å². The van der Waals surface area contributed by atoms with Gasteiger partial charge >= 0.3 is 0 Å². The fraction of sp³-hybridized carbons (Fsp3) is 0.278. The van der Waals surface area contributed by atoms with Crippen molar-refractivity contribution in [1.82, 2.24) is 4.98 Å². The van der Waals surface area contributed by atoms with E-state index >= 15 is 0 Å². The Labute approximate surface area is 129 Å². The zero-order valence-corrected chi connectivity index (χ0v) is 13.1. The molecule has 2 aromatic carbocycles. The monoisotopic (exact) mass is 297 g/mol. The summed E-state index contributed by atoms with van der Waals surface area (Å²) in [6.07, 6.45) is 0.0761. The molecular formula is C18H19NOS. The predicted molar refractivity (Wildman–Crippen MR) is 88.8 cm³/mol. The molecule has 0 saturated heterocycles. The maximum Gasteiger partial charge on any atom is 0.0967 e. The molecule has 2 nitrogen and oxygen atoms in total. The minimum Gasteiger partial charge on any atom is -0.388 e. The smallest absolute Gasteiger partial charge is 0.0967 e. The summed E-state index contributed by atoms with van der Waals surface area (Å²) in [5.74, 6) is 0.514. The van der Waals surface area contributed by atoms with Gasteiger partial charge in [-0.05, 0) is 29.2 Å². The van der Waals surface area contributed by atoms with Gasteiger partial charge in [0.05, 0.1) is 21.3 Å². The number of fused-ring (bicyclic) bond motifs is 1. The number of hydrogen-bond acceptors (Lipinski definition) is 3. The quantitative estimate of drug-likeness (QED) is 0.757. The van der Waals surface area contributed by atoms with Gasteiger partial charge in [-0.2, -0.15) is 0 Å². The zero-order chi connectivity index (χ0) is 14.8. The van der Waals surface area contributed by atoms with Crippen molar-refractivity contribution < 1.29 is 5.11 Å². The Balaban J connectivity index is 1.77. The highest BCUT2D eigenvalue weighted by Gasteiger charge is 2.12. The summed E-state index contributed by atoms with van der Waals surface area (Å²) in [5, 5.41) is 11.4. The van der Waals surface area contributed by atoms with E-state index in [1.165, 1.54) is 10.3 Å². The second kappa shape index (κ2) is 5.96. The Morgan fingerprint density at radius 1 is 1.00 bits per heavy atom. The third kappa shape index (κ3) is 3.14. The van der Waals surface area contributed by atoms with E-state index in [0.29, 0.717) is 12.3 Å². The fourth-order valence-electron chi connectivity index (χ4n) is 2.39. The lowest BCUT2D eigenvalue weighted by Gasteiger charge is -2.11. The largest absolute Gasteiger partial charge is 0.388 e.